The molecule has 0 aliphatic carbocycles. The quantitative estimate of drug-likeness (QED) is 0.255. The predicted molar refractivity (Wildman–Crippen MR) is 97.2 cm³/mol. The zero-order valence-corrected chi connectivity index (χ0v) is 16.9. The molecular formula is C17H36F3NO3S. The lowest BCUT2D eigenvalue weighted by Gasteiger charge is -2.26. The molecule has 0 atom stereocenters. The number of hydrogen-bond acceptors (Lipinski definition) is 3. The van der Waals surface area contributed by atoms with E-state index in [1.165, 1.54) is 70.8 Å². The molecule has 0 aliphatic rings. The largest absolute Gasteiger partial charge is 0.522 e. The molecule has 0 rings (SSSR count). The second-order valence-corrected chi connectivity index (χ2v) is 8.37. The molecule has 2 N–H and O–H groups in total. The van der Waals surface area contributed by atoms with Crippen molar-refractivity contribution in [1.82, 2.24) is 5.32 Å². The van der Waals surface area contributed by atoms with Gasteiger partial charge in [0.2, 0.25) is 0 Å². The van der Waals surface area contributed by atoms with Crippen LogP contribution in [-0.4, -0.2) is 30.6 Å². The second-order valence-electron chi connectivity index (χ2n) is 6.96. The predicted octanol–water partition coefficient (Wildman–Crippen LogP) is 5.69. The van der Waals surface area contributed by atoms with Gasteiger partial charge in [0.25, 0.3) is 0 Å². The van der Waals surface area contributed by atoms with E-state index < -0.39 is 15.6 Å². The van der Waals surface area contributed by atoms with Crippen LogP contribution in [0.2, 0.25) is 0 Å². The number of unbranched alkanes of at least 4 members (excludes halogenated alkanes) is 7. The first-order valence-corrected chi connectivity index (χ1v) is 10.6. The fourth-order valence-electron chi connectivity index (χ4n) is 2.24. The van der Waals surface area contributed by atoms with E-state index in [1.807, 2.05) is 0 Å². The molecule has 154 valence electrons. The number of hydrogen-bond donors (Lipinski definition) is 2. The van der Waals surface area contributed by atoms with Gasteiger partial charge in [0.1, 0.15) is 0 Å². The van der Waals surface area contributed by atoms with Crippen LogP contribution < -0.4 is 5.32 Å². The number of rotatable bonds is 12. The highest BCUT2D eigenvalue weighted by Crippen LogP contribution is 2.20. The van der Waals surface area contributed by atoms with Crippen LogP contribution in [0, 0.1) is 0 Å². The minimum absolute atomic E-state index is 0.346. The third-order valence-electron chi connectivity index (χ3n) is 3.83. The lowest BCUT2D eigenvalue weighted by molar-refractivity contribution is -0.0510. The number of halogens is 3. The molecule has 0 saturated heterocycles. The molecule has 0 aliphatic heterocycles. The van der Waals surface area contributed by atoms with Crippen LogP contribution >= 0.6 is 0 Å². The first-order chi connectivity index (χ1) is 11.4. The van der Waals surface area contributed by atoms with Gasteiger partial charge in [-0.2, -0.15) is 21.6 Å². The first kappa shape index (κ1) is 26.9. The van der Waals surface area contributed by atoms with Crippen LogP contribution in [0.4, 0.5) is 13.2 Å². The zero-order chi connectivity index (χ0) is 20.0. The van der Waals surface area contributed by atoms with Gasteiger partial charge in [0, 0.05) is 5.54 Å². The van der Waals surface area contributed by atoms with Gasteiger partial charge in [-0.25, -0.2) is 0 Å². The van der Waals surface area contributed by atoms with Gasteiger partial charge in [-0.1, -0.05) is 65.2 Å². The summed E-state index contributed by atoms with van der Waals surface area (Å²) in [7, 11) is -5.84. The van der Waals surface area contributed by atoms with Crippen molar-refractivity contribution in [3.05, 3.63) is 0 Å². The molecule has 0 saturated carbocycles. The molecule has 0 aromatic carbocycles. The van der Waals surface area contributed by atoms with Crippen LogP contribution in [-0.2, 0) is 10.1 Å². The van der Waals surface area contributed by atoms with Gasteiger partial charge in [-0.3, -0.25) is 4.55 Å². The molecule has 0 heterocycles. The van der Waals surface area contributed by atoms with Gasteiger partial charge in [-0.05, 0) is 33.2 Å². The van der Waals surface area contributed by atoms with Gasteiger partial charge < -0.3 is 5.32 Å². The molecule has 0 aromatic heterocycles. The molecule has 0 radical (unpaired) electrons. The molecule has 25 heavy (non-hydrogen) atoms. The number of nitrogens with one attached hydrogen (secondary N) is 1. The third-order valence-corrected chi connectivity index (χ3v) is 4.42. The summed E-state index contributed by atoms with van der Waals surface area (Å²) in [4.78, 5) is 0. The average molecular weight is 392 g/mol. The Morgan fingerprint density at radius 2 is 1.24 bits per heavy atom. The van der Waals surface area contributed by atoms with Crippen molar-refractivity contribution in [2.24, 2.45) is 0 Å². The summed E-state index contributed by atoms with van der Waals surface area (Å²) in [5.41, 5.74) is -5.19. The average Bonchev–Trinajstić information content (AvgIpc) is 2.45. The van der Waals surface area contributed by atoms with Crippen molar-refractivity contribution in [2.45, 2.75) is 103 Å². The Labute approximate surface area is 151 Å². The molecule has 0 unspecified atom stereocenters. The maximum absolute atomic E-state index is 10.7. The minimum atomic E-state index is -5.84. The van der Waals surface area contributed by atoms with Crippen LogP contribution in [0.1, 0.15) is 91.9 Å². The van der Waals surface area contributed by atoms with Crippen LogP contribution in [0.5, 0.6) is 0 Å². The summed E-state index contributed by atoms with van der Waals surface area (Å²) in [5.74, 6) is 0. The van der Waals surface area contributed by atoms with Crippen molar-refractivity contribution in [2.75, 3.05) is 6.54 Å². The molecule has 0 fully saturated rings. The molecular weight excluding hydrogens is 355 g/mol. The highest BCUT2D eigenvalue weighted by Gasteiger charge is 2.44. The van der Waals surface area contributed by atoms with E-state index in [4.69, 9.17) is 13.0 Å². The van der Waals surface area contributed by atoms with E-state index in [-0.39, 0.29) is 0 Å². The topological polar surface area (TPSA) is 66.4 Å². The van der Waals surface area contributed by atoms with E-state index in [1.54, 1.807) is 0 Å². The monoisotopic (exact) mass is 391 g/mol. The normalized spacial score (nSPS) is 12.6. The summed E-state index contributed by atoms with van der Waals surface area (Å²) >= 11 is 0. The summed E-state index contributed by atoms with van der Waals surface area (Å²) < 4.78 is 57.5. The number of alkyl halides is 3. The SMILES string of the molecule is CCCCCCCC(C)(C)NCCCCCC.O=S(=O)(O)C(F)(F)F. The minimum Gasteiger partial charge on any atom is -0.312 e. The zero-order valence-electron chi connectivity index (χ0n) is 16.1. The van der Waals surface area contributed by atoms with Crippen molar-refractivity contribution >= 4 is 10.1 Å². The molecule has 8 heteroatoms. The van der Waals surface area contributed by atoms with Crippen molar-refractivity contribution in [3.63, 3.8) is 0 Å². The van der Waals surface area contributed by atoms with Gasteiger partial charge in [0.15, 0.2) is 0 Å². The smallest absolute Gasteiger partial charge is 0.312 e. The van der Waals surface area contributed by atoms with E-state index in [9.17, 15) is 13.2 Å². The Hall–Kier alpha value is -0.340. The third kappa shape index (κ3) is 18.3. The molecule has 4 nitrogen and oxygen atoms in total. The second kappa shape index (κ2) is 13.8. The Kier molecular flexibility index (Phi) is 14.9. The van der Waals surface area contributed by atoms with Gasteiger partial charge >= 0.3 is 15.6 Å². The van der Waals surface area contributed by atoms with E-state index in [0.29, 0.717) is 5.54 Å². The summed E-state index contributed by atoms with van der Waals surface area (Å²) in [6.07, 6.45) is 13.7. The Balaban J connectivity index is 0. The Morgan fingerprint density at radius 1 is 0.840 bits per heavy atom. The van der Waals surface area contributed by atoms with Crippen molar-refractivity contribution in [1.29, 1.82) is 0 Å². The van der Waals surface area contributed by atoms with Crippen molar-refractivity contribution < 1.29 is 26.1 Å². The molecule has 0 amide bonds. The van der Waals surface area contributed by atoms with Crippen LogP contribution in [0.3, 0.4) is 0 Å². The molecule has 0 aromatic rings. The van der Waals surface area contributed by atoms with E-state index in [2.05, 4.69) is 33.0 Å². The summed E-state index contributed by atoms with van der Waals surface area (Å²) in [6, 6.07) is 0. The van der Waals surface area contributed by atoms with Crippen LogP contribution in [0.25, 0.3) is 0 Å². The maximum Gasteiger partial charge on any atom is 0.522 e. The lowest BCUT2D eigenvalue weighted by atomic mass is 9.96. The van der Waals surface area contributed by atoms with Gasteiger partial charge in [-0.15, -0.1) is 0 Å². The molecule has 0 spiro atoms. The lowest BCUT2D eigenvalue weighted by Crippen LogP contribution is -2.39. The van der Waals surface area contributed by atoms with E-state index in [0.717, 1.165) is 0 Å². The summed E-state index contributed by atoms with van der Waals surface area (Å²) in [6.45, 7) is 10.5. The van der Waals surface area contributed by atoms with Gasteiger partial charge in [0.05, 0.1) is 0 Å². The maximum atomic E-state index is 10.7. The van der Waals surface area contributed by atoms with Crippen LogP contribution in [0.15, 0.2) is 0 Å². The fraction of sp³-hybridized carbons (Fsp3) is 1.00. The first-order valence-electron chi connectivity index (χ1n) is 9.16. The fourth-order valence-corrected chi connectivity index (χ4v) is 2.24. The highest BCUT2D eigenvalue weighted by atomic mass is 32.2. The Morgan fingerprint density at radius 3 is 1.64 bits per heavy atom. The summed E-state index contributed by atoms with van der Waals surface area (Å²) in [5, 5.41) is 3.71. The standard InChI is InChI=1S/C16H35N.CHF3O3S/c1-5-7-9-11-12-14-16(3,4)17-15-13-10-8-6-2;2-1(3,4)8(5,6)7/h17H,5-15H2,1-4H3;(H,5,6,7). The van der Waals surface area contributed by atoms with Crippen molar-refractivity contribution in [3.8, 4) is 0 Å². The highest BCUT2D eigenvalue weighted by molar-refractivity contribution is 7.86. The Bertz CT molecular complexity index is 394. The molecule has 0 bridgehead atoms. The van der Waals surface area contributed by atoms with E-state index >= 15 is 0 Å².